The molecule has 1 aromatic rings. The van der Waals surface area contributed by atoms with Gasteiger partial charge in [0.05, 0.1) is 39.0 Å². The molecule has 2 fully saturated rings. The highest BCUT2D eigenvalue weighted by Crippen LogP contribution is 2.11. The number of carbonyl (C=O) groups is 1. The molecule has 0 unspecified atom stereocenters. The van der Waals surface area contributed by atoms with Gasteiger partial charge >= 0.3 is 0 Å². The van der Waals surface area contributed by atoms with Gasteiger partial charge in [-0.2, -0.15) is 0 Å². The molecule has 0 atom stereocenters. The van der Waals surface area contributed by atoms with E-state index in [9.17, 15) is 4.79 Å². The van der Waals surface area contributed by atoms with Crippen LogP contribution in [0, 0.1) is 0 Å². The van der Waals surface area contributed by atoms with Gasteiger partial charge in [-0.15, -0.1) is 0 Å². The van der Waals surface area contributed by atoms with Crippen molar-refractivity contribution in [2.24, 2.45) is 4.99 Å². The second kappa shape index (κ2) is 13.3. The lowest BCUT2D eigenvalue weighted by Crippen LogP contribution is -2.50. The van der Waals surface area contributed by atoms with Gasteiger partial charge in [0.2, 0.25) is 5.91 Å². The Hall–Kier alpha value is -2.10. The van der Waals surface area contributed by atoms with Gasteiger partial charge in [-0.1, -0.05) is 0 Å². The molecule has 0 radical (unpaired) electrons. The van der Waals surface area contributed by atoms with E-state index in [1.54, 1.807) is 13.4 Å². The lowest BCUT2D eigenvalue weighted by molar-refractivity contribution is -0.133. The molecule has 1 amide bonds. The van der Waals surface area contributed by atoms with Crippen molar-refractivity contribution in [3.05, 3.63) is 24.2 Å². The highest BCUT2D eigenvalue weighted by atomic mass is 16.5. The zero-order valence-electron chi connectivity index (χ0n) is 18.7. The first-order valence-corrected chi connectivity index (χ1v) is 11.4. The summed E-state index contributed by atoms with van der Waals surface area (Å²) in [5.74, 6) is 1.98. The van der Waals surface area contributed by atoms with E-state index >= 15 is 0 Å². The molecule has 2 saturated heterocycles. The van der Waals surface area contributed by atoms with E-state index in [1.807, 2.05) is 17.0 Å². The number of hydrogen-bond acceptors (Lipinski definition) is 6. The van der Waals surface area contributed by atoms with Crippen LogP contribution in [0.2, 0.25) is 0 Å². The standard InChI is InChI=1S/C22H37N5O4/c1-29-16-7-21(28)27-10-5-19(6-11-27)25-22(23-8-4-20-3-2-15-31-20)24-9-12-26-13-17-30-18-14-26/h2-3,15,19H,4-14,16-18H2,1H3,(H2,23,24,25). The Kier molecular flexibility index (Phi) is 10.1. The fourth-order valence-corrected chi connectivity index (χ4v) is 3.85. The van der Waals surface area contributed by atoms with Gasteiger partial charge in [0.15, 0.2) is 5.96 Å². The molecule has 1 aromatic heterocycles. The second-order valence-electron chi connectivity index (χ2n) is 7.98. The van der Waals surface area contributed by atoms with Crippen molar-refractivity contribution in [2.45, 2.75) is 31.7 Å². The van der Waals surface area contributed by atoms with Crippen molar-refractivity contribution in [2.75, 3.05) is 72.7 Å². The summed E-state index contributed by atoms with van der Waals surface area (Å²) in [5.41, 5.74) is 0. The number of carbonyl (C=O) groups excluding carboxylic acids is 1. The van der Waals surface area contributed by atoms with Crippen LogP contribution in [-0.4, -0.2) is 100 Å². The van der Waals surface area contributed by atoms with Gasteiger partial charge in [-0.3, -0.25) is 14.7 Å². The fraction of sp³-hybridized carbons (Fsp3) is 0.727. The van der Waals surface area contributed by atoms with Crippen LogP contribution in [-0.2, 0) is 20.7 Å². The van der Waals surface area contributed by atoms with Gasteiger partial charge < -0.3 is 29.4 Å². The summed E-state index contributed by atoms with van der Waals surface area (Å²) < 4.78 is 15.9. The van der Waals surface area contributed by atoms with E-state index in [1.165, 1.54) is 0 Å². The molecular formula is C22H37N5O4. The van der Waals surface area contributed by atoms with Crippen LogP contribution in [0.15, 0.2) is 27.8 Å². The largest absolute Gasteiger partial charge is 0.469 e. The molecular weight excluding hydrogens is 398 g/mol. The minimum absolute atomic E-state index is 0.177. The van der Waals surface area contributed by atoms with Crippen LogP contribution >= 0.6 is 0 Å². The molecule has 9 heteroatoms. The molecule has 0 saturated carbocycles. The van der Waals surface area contributed by atoms with E-state index < -0.39 is 0 Å². The van der Waals surface area contributed by atoms with Crippen LogP contribution in [0.4, 0.5) is 0 Å². The van der Waals surface area contributed by atoms with Crippen LogP contribution in [0.3, 0.4) is 0 Å². The van der Waals surface area contributed by atoms with Crippen molar-refractivity contribution < 1.29 is 18.7 Å². The molecule has 3 heterocycles. The van der Waals surface area contributed by atoms with Crippen LogP contribution in [0.1, 0.15) is 25.0 Å². The minimum Gasteiger partial charge on any atom is -0.469 e. The van der Waals surface area contributed by atoms with Gasteiger partial charge in [-0.05, 0) is 25.0 Å². The predicted molar refractivity (Wildman–Crippen MR) is 119 cm³/mol. The summed E-state index contributed by atoms with van der Waals surface area (Å²) in [6.45, 7) is 8.00. The molecule has 0 spiro atoms. The number of nitrogens with one attached hydrogen (secondary N) is 2. The summed E-state index contributed by atoms with van der Waals surface area (Å²) in [6.07, 6.45) is 4.80. The first kappa shape index (κ1) is 23.6. The van der Waals surface area contributed by atoms with E-state index in [4.69, 9.17) is 18.9 Å². The normalized spacial score (nSPS) is 18.9. The fourth-order valence-electron chi connectivity index (χ4n) is 3.85. The molecule has 0 bridgehead atoms. The summed E-state index contributed by atoms with van der Waals surface area (Å²) in [4.78, 5) is 21.3. The van der Waals surface area contributed by atoms with E-state index in [-0.39, 0.29) is 5.91 Å². The Bertz CT molecular complexity index is 653. The highest BCUT2D eigenvalue weighted by Gasteiger charge is 2.23. The number of aliphatic imine (C=N–C) groups is 1. The van der Waals surface area contributed by atoms with E-state index in [0.29, 0.717) is 19.1 Å². The molecule has 2 N–H and O–H groups in total. The van der Waals surface area contributed by atoms with Crippen molar-refractivity contribution in [1.29, 1.82) is 0 Å². The number of furan rings is 1. The third-order valence-electron chi connectivity index (χ3n) is 5.74. The van der Waals surface area contributed by atoms with Gasteiger partial charge in [0.1, 0.15) is 5.76 Å². The molecule has 2 aliphatic heterocycles. The Morgan fingerprint density at radius 3 is 2.77 bits per heavy atom. The number of rotatable bonds is 10. The quantitative estimate of drug-likeness (QED) is 0.413. The molecule has 3 rings (SSSR count). The number of methoxy groups -OCH3 is 1. The number of nitrogens with zero attached hydrogens (tertiary/aromatic N) is 3. The maximum atomic E-state index is 12.2. The number of hydrogen-bond donors (Lipinski definition) is 2. The number of amides is 1. The first-order valence-electron chi connectivity index (χ1n) is 11.4. The smallest absolute Gasteiger partial charge is 0.224 e. The van der Waals surface area contributed by atoms with E-state index in [2.05, 4.69) is 15.5 Å². The Morgan fingerprint density at radius 2 is 2.06 bits per heavy atom. The van der Waals surface area contributed by atoms with Crippen molar-refractivity contribution in [3.63, 3.8) is 0 Å². The highest BCUT2D eigenvalue weighted by molar-refractivity contribution is 5.80. The van der Waals surface area contributed by atoms with Crippen molar-refractivity contribution >= 4 is 11.9 Å². The Labute approximate surface area is 185 Å². The van der Waals surface area contributed by atoms with Crippen LogP contribution in [0.25, 0.3) is 0 Å². The maximum absolute atomic E-state index is 12.2. The number of piperidine rings is 1. The monoisotopic (exact) mass is 435 g/mol. The molecule has 0 aliphatic carbocycles. The van der Waals surface area contributed by atoms with Gasteiger partial charge in [0, 0.05) is 58.8 Å². The van der Waals surface area contributed by atoms with Crippen LogP contribution < -0.4 is 10.6 Å². The Balaban J connectivity index is 1.45. The molecule has 0 aromatic carbocycles. The van der Waals surface area contributed by atoms with Crippen molar-refractivity contribution in [1.82, 2.24) is 20.4 Å². The third kappa shape index (κ3) is 8.51. The van der Waals surface area contributed by atoms with Crippen molar-refractivity contribution in [3.8, 4) is 0 Å². The topological polar surface area (TPSA) is 91.6 Å². The summed E-state index contributed by atoms with van der Waals surface area (Å²) in [5, 5.41) is 7.02. The number of morpholine rings is 1. The Morgan fingerprint density at radius 1 is 1.26 bits per heavy atom. The summed E-state index contributed by atoms with van der Waals surface area (Å²) >= 11 is 0. The van der Waals surface area contributed by atoms with Gasteiger partial charge in [-0.25, -0.2) is 0 Å². The lowest BCUT2D eigenvalue weighted by atomic mass is 10.0. The average molecular weight is 436 g/mol. The molecule has 174 valence electrons. The molecule has 2 aliphatic rings. The van der Waals surface area contributed by atoms with Gasteiger partial charge in [0.25, 0.3) is 0 Å². The second-order valence-corrected chi connectivity index (χ2v) is 7.98. The third-order valence-corrected chi connectivity index (χ3v) is 5.74. The summed E-state index contributed by atoms with van der Waals surface area (Å²) in [6, 6.07) is 4.21. The number of guanidine groups is 1. The number of ether oxygens (including phenoxy) is 2. The molecule has 9 nitrogen and oxygen atoms in total. The zero-order chi connectivity index (χ0) is 21.7. The summed E-state index contributed by atoms with van der Waals surface area (Å²) in [7, 11) is 1.63. The zero-order valence-corrected chi connectivity index (χ0v) is 18.7. The van der Waals surface area contributed by atoms with E-state index in [0.717, 1.165) is 90.0 Å². The predicted octanol–water partition coefficient (Wildman–Crippen LogP) is 0.717. The first-order chi connectivity index (χ1) is 15.2. The van der Waals surface area contributed by atoms with Crippen LogP contribution in [0.5, 0.6) is 0 Å². The SMILES string of the molecule is COCCC(=O)N1CCC(NC(=NCCN2CCOCC2)NCCc2ccco2)CC1. The maximum Gasteiger partial charge on any atom is 0.224 e. The molecule has 31 heavy (non-hydrogen) atoms. The number of likely N-dealkylation sites (tertiary alicyclic amines) is 1. The minimum atomic E-state index is 0.177. The average Bonchev–Trinajstić information content (AvgIpc) is 3.32. The lowest BCUT2D eigenvalue weighted by Gasteiger charge is -2.33.